The Kier molecular flexibility index (Phi) is 10.2. The third-order valence-corrected chi connectivity index (χ3v) is 9.27. The van der Waals surface area contributed by atoms with Crippen LogP contribution in [0.3, 0.4) is 0 Å². The molecule has 0 saturated heterocycles. The highest BCUT2D eigenvalue weighted by atomic mass is 127. The zero-order valence-corrected chi connectivity index (χ0v) is 24.6. The van der Waals surface area contributed by atoms with Crippen LogP contribution in [0.4, 0.5) is 0 Å². The van der Waals surface area contributed by atoms with Gasteiger partial charge in [-0.25, -0.2) is 9.19 Å². The van der Waals surface area contributed by atoms with Gasteiger partial charge in [-0.3, -0.25) is 13.9 Å². The Morgan fingerprint density at radius 3 is 2.61 bits per heavy atom. The van der Waals surface area contributed by atoms with Crippen molar-refractivity contribution in [3.63, 3.8) is 0 Å². The lowest BCUT2D eigenvalue weighted by molar-refractivity contribution is 0.0964. The first-order valence-electron chi connectivity index (χ1n) is 11.5. The van der Waals surface area contributed by atoms with Crippen molar-refractivity contribution < 1.29 is 27.1 Å². The van der Waals surface area contributed by atoms with Crippen LogP contribution in [0, 0.1) is 10.5 Å². The van der Waals surface area contributed by atoms with Crippen LogP contribution < -0.4 is 5.32 Å². The molecule has 2 heterocycles. The van der Waals surface area contributed by atoms with E-state index in [4.69, 9.17) is 8.94 Å². The number of fused-ring (bicyclic) bond motifs is 1. The van der Waals surface area contributed by atoms with Crippen LogP contribution in [-0.2, 0) is 26.9 Å². The number of amides is 1. The molecule has 1 aromatic carbocycles. The Balaban J connectivity index is 1.87. The molecular formula is C24H31IN3O6PS. The molecule has 2 unspecified atom stereocenters. The minimum Gasteiger partial charge on any atom is -0.437 e. The molecule has 0 fully saturated rings. The lowest BCUT2D eigenvalue weighted by atomic mass is 10.0. The van der Waals surface area contributed by atoms with Gasteiger partial charge in [-0.2, -0.15) is 4.31 Å². The molecule has 0 bridgehead atoms. The zero-order chi connectivity index (χ0) is 26.5. The Morgan fingerprint density at radius 1 is 1.31 bits per heavy atom. The van der Waals surface area contributed by atoms with Gasteiger partial charge in [-0.1, -0.05) is 29.8 Å². The van der Waals surface area contributed by atoms with E-state index in [1.807, 2.05) is 37.3 Å². The lowest BCUT2D eigenvalue weighted by Crippen LogP contribution is -2.27. The van der Waals surface area contributed by atoms with E-state index < -0.39 is 18.6 Å². The molecular weight excluding hydrogens is 616 g/mol. The second kappa shape index (κ2) is 12.7. The van der Waals surface area contributed by atoms with Gasteiger partial charge >= 0.3 is 0 Å². The van der Waals surface area contributed by atoms with Gasteiger partial charge in [0.05, 0.1) is 29.8 Å². The van der Waals surface area contributed by atoms with Crippen LogP contribution in [0.1, 0.15) is 41.4 Å². The third-order valence-electron chi connectivity index (χ3n) is 5.65. The molecule has 3 aromatic rings. The highest BCUT2D eigenvalue weighted by Gasteiger charge is 2.25. The van der Waals surface area contributed by atoms with Crippen LogP contribution in [-0.4, -0.2) is 57.0 Å². The minimum absolute atomic E-state index is 0.114. The van der Waals surface area contributed by atoms with Crippen molar-refractivity contribution in [2.24, 2.45) is 0 Å². The number of pyridine rings is 1. The Hall–Kier alpha value is -1.63. The van der Waals surface area contributed by atoms with Crippen LogP contribution in [0.2, 0.25) is 0 Å². The van der Waals surface area contributed by atoms with Gasteiger partial charge in [0.15, 0.2) is 7.37 Å². The number of carbonyl (C=O) groups excluding carboxylic acids is 1. The van der Waals surface area contributed by atoms with Gasteiger partial charge in [0.25, 0.3) is 5.91 Å². The van der Waals surface area contributed by atoms with Gasteiger partial charge in [0.1, 0.15) is 5.76 Å². The second-order valence-electron chi connectivity index (χ2n) is 8.48. The number of carbonyl (C=O) groups is 1. The molecule has 1 amide bonds. The number of aromatic nitrogens is 1. The number of halogens is 1. The average Bonchev–Trinajstić information content (AvgIpc) is 3.18. The number of hydrogen-bond acceptors (Lipinski definition) is 6. The fourth-order valence-corrected chi connectivity index (χ4v) is 6.40. The van der Waals surface area contributed by atoms with Crippen molar-refractivity contribution in [3.8, 4) is 11.3 Å². The van der Waals surface area contributed by atoms with Gasteiger partial charge in [-0.05, 0) is 55.3 Å². The maximum Gasteiger partial charge on any atom is 0.255 e. The summed E-state index contributed by atoms with van der Waals surface area (Å²) in [5.74, 6) is 0.138. The van der Waals surface area contributed by atoms with E-state index in [0.717, 1.165) is 14.7 Å². The molecule has 9 nitrogen and oxygen atoms in total. The molecule has 2 atom stereocenters. The number of nitrogens with one attached hydrogen (secondary N) is 1. The average molecular weight is 647 g/mol. The van der Waals surface area contributed by atoms with Crippen LogP contribution in [0.15, 0.2) is 34.7 Å². The maximum absolute atomic E-state index is 12.8. The number of hydrogen-bond donors (Lipinski definition) is 2. The fourth-order valence-electron chi connectivity index (χ4n) is 3.81. The number of unbranched alkanes of at least 4 members (excludes halogenated alkanes) is 1. The largest absolute Gasteiger partial charge is 0.437 e. The summed E-state index contributed by atoms with van der Waals surface area (Å²) in [6.45, 7) is 6.23. The maximum atomic E-state index is 12.8. The summed E-state index contributed by atoms with van der Waals surface area (Å²) >= 11 is -0.105. The molecule has 2 N–H and O–H groups in total. The predicted molar refractivity (Wildman–Crippen MR) is 151 cm³/mol. The van der Waals surface area contributed by atoms with Crippen molar-refractivity contribution in [1.29, 1.82) is 0 Å². The summed E-state index contributed by atoms with van der Waals surface area (Å²) in [4.78, 5) is 17.4. The van der Waals surface area contributed by atoms with E-state index in [1.165, 1.54) is 4.31 Å². The minimum atomic E-state index is -2.64. The summed E-state index contributed by atoms with van der Waals surface area (Å²) in [7, 11) is -1.07. The third kappa shape index (κ3) is 7.23. The topological polar surface area (TPSA) is 122 Å². The number of aryl methyl sites for hydroxylation is 1. The van der Waals surface area contributed by atoms with E-state index in [2.05, 4.69) is 32.9 Å². The zero-order valence-electron chi connectivity index (χ0n) is 20.7. The van der Waals surface area contributed by atoms with Crippen molar-refractivity contribution in [1.82, 2.24) is 14.6 Å². The van der Waals surface area contributed by atoms with Crippen molar-refractivity contribution in [2.75, 3.05) is 33.0 Å². The first kappa shape index (κ1) is 28.9. The van der Waals surface area contributed by atoms with Crippen LogP contribution in [0.5, 0.6) is 0 Å². The molecule has 0 spiro atoms. The summed E-state index contributed by atoms with van der Waals surface area (Å²) in [6, 6.07) is 9.49. The summed E-state index contributed by atoms with van der Waals surface area (Å²) < 4.78 is 47.6. The first-order chi connectivity index (χ1) is 17.1. The standard InChI is InChI=1S/C24H31IN3O6PS/c1-5-33-35(4,30)13-7-6-12-28(36(31)32)15-20-19(25)14-18-21(23(29)26-3)22(34-24(18)27-20)17-10-8-16(2)9-11-17/h8-11,14H,5-7,12-13,15H2,1-4H3,(H,26,29)(H,31,32). The normalized spacial score (nSPS) is 14.2. The monoisotopic (exact) mass is 647 g/mol. The molecule has 0 saturated carbocycles. The van der Waals surface area contributed by atoms with Crippen molar-refractivity contribution >= 4 is 58.2 Å². The van der Waals surface area contributed by atoms with Crippen molar-refractivity contribution in [3.05, 3.63) is 50.7 Å². The SMILES string of the molecule is CCOP(C)(=O)CCCCN(Cc1nc2oc(-c3ccc(C)cc3)c(C(=O)NC)c2cc1I)S(=O)O. The Bertz CT molecular complexity index is 1300. The molecule has 0 aliphatic heterocycles. The highest BCUT2D eigenvalue weighted by Crippen LogP contribution is 2.43. The van der Waals surface area contributed by atoms with E-state index >= 15 is 0 Å². The van der Waals surface area contributed by atoms with Gasteiger partial charge in [-0.15, -0.1) is 0 Å². The molecule has 0 radical (unpaired) electrons. The first-order valence-corrected chi connectivity index (χ1v) is 15.9. The quantitative estimate of drug-likeness (QED) is 0.116. The van der Waals surface area contributed by atoms with Crippen LogP contribution >= 0.6 is 30.0 Å². The van der Waals surface area contributed by atoms with Gasteiger partial charge in [0, 0.05) is 35.6 Å². The van der Waals surface area contributed by atoms with Gasteiger partial charge in [0.2, 0.25) is 17.0 Å². The predicted octanol–water partition coefficient (Wildman–Crippen LogP) is 5.43. The number of benzene rings is 1. The van der Waals surface area contributed by atoms with Crippen molar-refractivity contribution in [2.45, 2.75) is 33.2 Å². The smallest absolute Gasteiger partial charge is 0.255 e. The summed E-state index contributed by atoms with van der Waals surface area (Å²) in [6.07, 6.45) is 1.61. The fraction of sp³-hybridized carbons (Fsp3) is 0.417. The summed E-state index contributed by atoms with van der Waals surface area (Å²) in [5, 5.41) is 3.24. The number of nitrogens with zero attached hydrogens (tertiary/aromatic N) is 2. The molecule has 2 aromatic heterocycles. The van der Waals surface area contributed by atoms with Crippen LogP contribution in [0.25, 0.3) is 22.4 Å². The molecule has 0 aliphatic rings. The summed E-state index contributed by atoms with van der Waals surface area (Å²) in [5.41, 5.74) is 3.09. The Labute approximate surface area is 227 Å². The van der Waals surface area contributed by atoms with E-state index in [-0.39, 0.29) is 18.2 Å². The highest BCUT2D eigenvalue weighted by molar-refractivity contribution is 14.1. The van der Waals surface area contributed by atoms with E-state index in [9.17, 15) is 18.1 Å². The number of furan rings is 1. The molecule has 3 rings (SSSR count). The molecule has 36 heavy (non-hydrogen) atoms. The second-order valence-corrected chi connectivity index (χ2v) is 13.4. The molecule has 0 aliphatic carbocycles. The van der Waals surface area contributed by atoms with E-state index in [0.29, 0.717) is 54.6 Å². The lowest BCUT2D eigenvalue weighted by Gasteiger charge is -2.18. The number of rotatable bonds is 12. The molecule has 12 heteroatoms. The Morgan fingerprint density at radius 2 is 2.00 bits per heavy atom. The molecule has 196 valence electrons. The van der Waals surface area contributed by atoms with Gasteiger partial charge < -0.3 is 14.3 Å². The van der Waals surface area contributed by atoms with E-state index in [1.54, 1.807) is 20.6 Å².